The van der Waals surface area contributed by atoms with Crippen LogP contribution in [0.2, 0.25) is 10.0 Å². The van der Waals surface area contributed by atoms with Gasteiger partial charge < -0.3 is 4.90 Å². The lowest BCUT2D eigenvalue weighted by atomic mass is 9.96. The summed E-state index contributed by atoms with van der Waals surface area (Å²) in [4.78, 5) is 14.3. The number of hydrogen-bond acceptors (Lipinski definition) is 3. The zero-order chi connectivity index (χ0) is 21.2. The molecule has 156 valence electrons. The largest absolute Gasteiger partial charge is 0.341 e. The van der Waals surface area contributed by atoms with E-state index in [-0.39, 0.29) is 40.6 Å². The molecule has 2 aromatic carbocycles. The second-order valence-corrected chi connectivity index (χ2v) is 9.82. The molecule has 0 radical (unpaired) electrons. The number of benzene rings is 2. The molecule has 0 saturated carbocycles. The van der Waals surface area contributed by atoms with E-state index in [1.165, 1.54) is 34.6 Å². The van der Waals surface area contributed by atoms with Gasteiger partial charge in [-0.1, -0.05) is 35.3 Å². The highest BCUT2D eigenvalue weighted by Gasteiger charge is 2.34. The number of rotatable bonds is 5. The monoisotopic (exact) mass is 458 g/mol. The van der Waals surface area contributed by atoms with Gasteiger partial charge >= 0.3 is 0 Å². The molecule has 2 aromatic rings. The Labute approximate surface area is 180 Å². The van der Waals surface area contributed by atoms with Crippen LogP contribution in [-0.2, 0) is 21.4 Å². The van der Waals surface area contributed by atoms with E-state index in [9.17, 15) is 17.6 Å². The third-order valence-electron chi connectivity index (χ3n) is 5.02. The molecule has 5 nitrogen and oxygen atoms in total. The van der Waals surface area contributed by atoms with Gasteiger partial charge in [-0.15, -0.1) is 0 Å². The number of halogens is 3. The molecule has 1 aliphatic heterocycles. The Kier molecular flexibility index (Phi) is 6.83. The van der Waals surface area contributed by atoms with E-state index in [1.54, 1.807) is 24.1 Å². The summed E-state index contributed by atoms with van der Waals surface area (Å²) in [5, 5.41) is 0.409. The van der Waals surface area contributed by atoms with Crippen molar-refractivity contribution in [2.75, 3.05) is 20.1 Å². The summed E-state index contributed by atoms with van der Waals surface area (Å²) in [5.74, 6) is -0.634. The second kappa shape index (κ2) is 9.00. The number of amides is 1. The van der Waals surface area contributed by atoms with Gasteiger partial charge in [-0.3, -0.25) is 4.79 Å². The van der Waals surface area contributed by atoms with Crippen molar-refractivity contribution in [3.8, 4) is 0 Å². The number of sulfonamides is 1. The minimum Gasteiger partial charge on any atom is -0.341 e. The van der Waals surface area contributed by atoms with Crippen LogP contribution in [0.5, 0.6) is 0 Å². The minimum atomic E-state index is -3.78. The molecule has 1 saturated heterocycles. The standard InChI is InChI=1S/C20H21Cl2FN2O3S/c1-24(13-14-2-5-17(23)6-3-14)20(26)15-8-10-25(11-9-15)29(27,28)19-12-16(21)4-7-18(19)22/h2-7,12,15H,8-11,13H2,1H3. The van der Waals surface area contributed by atoms with Gasteiger partial charge in [0.2, 0.25) is 15.9 Å². The third kappa shape index (κ3) is 5.09. The van der Waals surface area contributed by atoms with E-state index >= 15 is 0 Å². The number of nitrogens with zero attached hydrogens (tertiary/aromatic N) is 2. The van der Waals surface area contributed by atoms with E-state index in [4.69, 9.17) is 23.2 Å². The Bertz CT molecular complexity index is 991. The van der Waals surface area contributed by atoms with Gasteiger partial charge in [-0.2, -0.15) is 4.31 Å². The highest BCUT2D eigenvalue weighted by atomic mass is 35.5. The first-order valence-electron chi connectivity index (χ1n) is 9.13. The number of carbonyl (C=O) groups is 1. The molecule has 1 aliphatic rings. The molecule has 9 heteroatoms. The zero-order valence-corrected chi connectivity index (χ0v) is 18.1. The van der Waals surface area contributed by atoms with Gasteiger partial charge in [0.15, 0.2) is 0 Å². The van der Waals surface area contributed by atoms with Crippen LogP contribution in [0.4, 0.5) is 4.39 Å². The SMILES string of the molecule is CN(Cc1ccc(F)cc1)C(=O)C1CCN(S(=O)(=O)c2cc(Cl)ccc2Cl)CC1. The van der Waals surface area contributed by atoms with Crippen molar-refractivity contribution in [2.24, 2.45) is 5.92 Å². The summed E-state index contributed by atoms with van der Waals surface area (Å²) in [6.07, 6.45) is 0.841. The summed E-state index contributed by atoms with van der Waals surface area (Å²) in [7, 11) is -2.09. The van der Waals surface area contributed by atoms with Crippen molar-refractivity contribution in [3.05, 3.63) is 63.9 Å². The van der Waals surface area contributed by atoms with Gasteiger partial charge in [0.05, 0.1) is 5.02 Å². The molecule has 3 rings (SSSR count). The van der Waals surface area contributed by atoms with Crippen LogP contribution in [0, 0.1) is 11.7 Å². The fourth-order valence-electron chi connectivity index (χ4n) is 3.41. The van der Waals surface area contributed by atoms with Crippen LogP contribution >= 0.6 is 23.2 Å². The summed E-state index contributed by atoms with van der Waals surface area (Å²) in [6.45, 7) is 0.827. The Morgan fingerprint density at radius 1 is 1.14 bits per heavy atom. The van der Waals surface area contributed by atoms with Crippen molar-refractivity contribution in [1.82, 2.24) is 9.21 Å². The molecular weight excluding hydrogens is 438 g/mol. The summed E-state index contributed by atoms with van der Waals surface area (Å²) in [5.41, 5.74) is 0.831. The van der Waals surface area contributed by atoms with Crippen molar-refractivity contribution in [1.29, 1.82) is 0 Å². The number of hydrogen-bond donors (Lipinski definition) is 0. The predicted molar refractivity (Wildman–Crippen MR) is 111 cm³/mol. The number of carbonyl (C=O) groups excluding carboxylic acids is 1. The van der Waals surface area contributed by atoms with Crippen LogP contribution in [0.25, 0.3) is 0 Å². The highest BCUT2D eigenvalue weighted by Crippen LogP contribution is 2.30. The molecule has 1 fully saturated rings. The van der Waals surface area contributed by atoms with Crippen molar-refractivity contribution in [3.63, 3.8) is 0 Å². The van der Waals surface area contributed by atoms with Gasteiger partial charge in [0.25, 0.3) is 0 Å². The van der Waals surface area contributed by atoms with Crippen molar-refractivity contribution in [2.45, 2.75) is 24.3 Å². The molecule has 0 bridgehead atoms. The quantitative estimate of drug-likeness (QED) is 0.674. The molecule has 1 heterocycles. The first kappa shape index (κ1) is 22.0. The normalized spacial score (nSPS) is 16.0. The summed E-state index contributed by atoms with van der Waals surface area (Å²) >= 11 is 12.0. The van der Waals surface area contributed by atoms with Gasteiger partial charge in [0.1, 0.15) is 10.7 Å². The number of piperidine rings is 1. The molecule has 29 heavy (non-hydrogen) atoms. The Morgan fingerprint density at radius 3 is 2.38 bits per heavy atom. The molecule has 0 atom stereocenters. The van der Waals surface area contributed by atoms with Crippen LogP contribution in [0.1, 0.15) is 18.4 Å². The topological polar surface area (TPSA) is 57.7 Å². The first-order valence-corrected chi connectivity index (χ1v) is 11.3. The Hall–Kier alpha value is -1.67. The van der Waals surface area contributed by atoms with Crippen molar-refractivity contribution < 1.29 is 17.6 Å². The van der Waals surface area contributed by atoms with Crippen molar-refractivity contribution >= 4 is 39.1 Å². The molecule has 0 unspecified atom stereocenters. The van der Waals surface area contributed by atoms with E-state index in [0.717, 1.165) is 5.56 Å². The summed E-state index contributed by atoms with van der Waals surface area (Å²) in [6, 6.07) is 10.3. The first-order chi connectivity index (χ1) is 13.7. The average molecular weight is 459 g/mol. The van der Waals surface area contributed by atoms with Crippen LogP contribution in [-0.4, -0.2) is 43.7 Å². The van der Waals surface area contributed by atoms with E-state index in [0.29, 0.717) is 24.4 Å². The van der Waals surface area contributed by atoms with Gasteiger partial charge in [0, 0.05) is 37.6 Å². The van der Waals surface area contributed by atoms with Gasteiger partial charge in [-0.25, -0.2) is 12.8 Å². The van der Waals surface area contributed by atoms with E-state index in [1.807, 2.05) is 0 Å². The smallest absolute Gasteiger partial charge is 0.244 e. The molecule has 0 aromatic heterocycles. The maximum Gasteiger partial charge on any atom is 0.244 e. The third-order valence-corrected chi connectivity index (χ3v) is 7.64. The maximum absolute atomic E-state index is 13.0. The average Bonchev–Trinajstić information content (AvgIpc) is 2.71. The van der Waals surface area contributed by atoms with Crippen LogP contribution < -0.4 is 0 Å². The molecular formula is C20H21Cl2FN2O3S. The lowest BCUT2D eigenvalue weighted by Crippen LogP contribution is -2.43. The maximum atomic E-state index is 13.0. The molecule has 0 aliphatic carbocycles. The Morgan fingerprint density at radius 2 is 1.76 bits per heavy atom. The predicted octanol–water partition coefficient (Wildman–Crippen LogP) is 4.19. The van der Waals surface area contributed by atoms with Gasteiger partial charge in [-0.05, 0) is 48.7 Å². The van der Waals surface area contributed by atoms with Crippen LogP contribution in [0.15, 0.2) is 47.4 Å². The minimum absolute atomic E-state index is 0.0233. The molecule has 0 N–H and O–H groups in total. The fraction of sp³-hybridized carbons (Fsp3) is 0.350. The Balaban J connectivity index is 1.62. The zero-order valence-electron chi connectivity index (χ0n) is 15.8. The van der Waals surface area contributed by atoms with Crippen LogP contribution in [0.3, 0.4) is 0 Å². The van der Waals surface area contributed by atoms with E-state index < -0.39 is 10.0 Å². The molecule has 0 spiro atoms. The lowest BCUT2D eigenvalue weighted by molar-refractivity contribution is -0.135. The second-order valence-electron chi connectivity index (χ2n) is 7.07. The lowest BCUT2D eigenvalue weighted by Gasteiger charge is -2.32. The summed E-state index contributed by atoms with van der Waals surface area (Å²) < 4.78 is 40.2. The highest BCUT2D eigenvalue weighted by molar-refractivity contribution is 7.89. The fourth-order valence-corrected chi connectivity index (χ4v) is 5.62. The van der Waals surface area contributed by atoms with E-state index in [2.05, 4.69) is 0 Å². The molecule has 1 amide bonds.